The molecule has 0 aliphatic carbocycles. The standard InChI is InChI=1S/C28H20ClN5O3S/c1-18-11-20(4-6-25(18)29)24-14-27(37-2)26(13-22(24)15-30)34(28-8-10-32-17-33-28)38(35,36)23-5-3-21-16-31-9-7-19(21)12-23/h3-14,16-17H,1-2H3. The number of aryl methyl sites for hydroxylation is 1. The zero-order valence-corrected chi connectivity index (χ0v) is 21.9. The van der Waals surface area contributed by atoms with Crippen LogP contribution in [0.3, 0.4) is 0 Å². The minimum atomic E-state index is -4.23. The summed E-state index contributed by atoms with van der Waals surface area (Å²) >= 11 is 6.20. The van der Waals surface area contributed by atoms with Crippen LogP contribution in [-0.2, 0) is 10.0 Å². The molecule has 10 heteroatoms. The van der Waals surface area contributed by atoms with Crippen LogP contribution >= 0.6 is 11.6 Å². The first-order chi connectivity index (χ1) is 18.3. The highest BCUT2D eigenvalue weighted by atomic mass is 35.5. The van der Waals surface area contributed by atoms with Gasteiger partial charge in [-0.2, -0.15) is 5.26 Å². The van der Waals surface area contributed by atoms with Crippen LogP contribution in [-0.4, -0.2) is 30.5 Å². The van der Waals surface area contributed by atoms with Gasteiger partial charge in [0.05, 0.1) is 23.6 Å². The molecule has 8 nitrogen and oxygen atoms in total. The molecule has 0 aliphatic heterocycles. The van der Waals surface area contributed by atoms with Gasteiger partial charge >= 0.3 is 0 Å². The average molecular weight is 542 g/mol. The summed E-state index contributed by atoms with van der Waals surface area (Å²) in [6.07, 6.45) is 5.96. The number of nitriles is 1. The highest BCUT2D eigenvalue weighted by Crippen LogP contribution is 2.42. The molecule has 38 heavy (non-hydrogen) atoms. The number of sulfonamides is 1. The quantitative estimate of drug-likeness (QED) is 0.257. The number of fused-ring (bicyclic) bond motifs is 1. The number of methoxy groups -OCH3 is 1. The van der Waals surface area contributed by atoms with Crippen molar-refractivity contribution in [3.8, 4) is 22.9 Å². The molecule has 2 aromatic heterocycles. The fraction of sp³-hybridized carbons (Fsp3) is 0.0714. The summed E-state index contributed by atoms with van der Waals surface area (Å²) in [4.78, 5) is 12.3. The van der Waals surface area contributed by atoms with Crippen molar-refractivity contribution in [2.24, 2.45) is 0 Å². The SMILES string of the molecule is COc1cc(-c2ccc(Cl)c(C)c2)c(C#N)cc1N(c1ccncn1)S(=O)(=O)c1ccc2cnccc2c1. The van der Waals surface area contributed by atoms with Crippen molar-refractivity contribution in [2.75, 3.05) is 11.4 Å². The molecule has 188 valence electrons. The predicted octanol–water partition coefficient (Wildman–Crippen LogP) is 6.06. The molecule has 5 aromatic rings. The molecule has 0 radical (unpaired) electrons. The van der Waals surface area contributed by atoms with Gasteiger partial charge < -0.3 is 4.74 Å². The Morgan fingerprint density at radius 2 is 1.79 bits per heavy atom. The number of ether oxygens (including phenoxy) is 1. The van der Waals surface area contributed by atoms with E-state index >= 15 is 0 Å². The lowest BCUT2D eigenvalue weighted by Crippen LogP contribution is -2.27. The van der Waals surface area contributed by atoms with Gasteiger partial charge in [-0.1, -0.05) is 23.7 Å². The third kappa shape index (κ3) is 4.52. The number of halogens is 1. The number of nitrogens with zero attached hydrogens (tertiary/aromatic N) is 5. The topological polar surface area (TPSA) is 109 Å². The summed E-state index contributed by atoms with van der Waals surface area (Å²) in [5.41, 5.74) is 2.54. The monoisotopic (exact) mass is 541 g/mol. The summed E-state index contributed by atoms with van der Waals surface area (Å²) in [7, 11) is -2.79. The first-order valence-electron chi connectivity index (χ1n) is 11.4. The summed E-state index contributed by atoms with van der Waals surface area (Å²) in [6.45, 7) is 1.87. The van der Waals surface area contributed by atoms with Gasteiger partial charge in [0.1, 0.15) is 17.8 Å². The molecule has 0 unspecified atom stereocenters. The molecule has 0 N–H and O–H groups in total. The third-order valence-electron chi connectivity index (χ3n) is 6.05. The van der Waals surface area contributed by atoms with Crippen molar-refractivity contribution in [3.05, 3.63) is 102 Å². The number of hydrogen-bond acceptors (Lipinski definition) is 7. The third-order valence-corrected chi connectivity index (χ3v) is 8.19. The number of pyridine rings is 1. The highest BCUT2D eigenvalue weighted by Gasteiger charge is 2.31. The van der Waals surface area contributed by atoms with Crippen LogP contribution in [0, 0.1) is 18.3 Å². The Balaban J connectivity index is 1.75. The lowest BCUT2D eigenvalue weighted by atomic mass is 9.97. The predicted molar refractivity (Wildman–Crippen MR) is 146 cm³/mol. The molecule has 0 fully saturated rings. The molecular weight excluding hydrogens is 522 g/mol. The van der Waals surface area contributed by atoms with E-state index in [1.807, 2.05) is 13.0 Å². The smallest absolute Gasteiger partial charge is 0.270 e. The number of benzene rings is 3. The Hall–Kier alpha value is -4.52. The molecule has 0 atom stereocenters. The van der Waals surface area contributed by atoms with Crippen LogP contribution in [0.25, 0.3) is 21.9 Å². The van der Waals surface area contributed by atoms with E-state index in [2.05, 4.69) is 21.0 Å². The molecule has 5 rings (SSSR count). The second-order valence-corrected chi connectivity index (χ2v) is 10.6. The van der Waals surface area contributed by atoms with E-state index in [9.17, 15) is 13.7 Å². The summed E-state index contributed by atoms with van der Waals surface area (Å²) in [5.74, 6) is 0.325. The van der Waals surface area contributed by atoms with Crippen LogP contribution in [0.5, 0.6) is 5.75 Å². The summed E-state index contributed by atoms with van der Waals surface area (Å²) in [6, 6.07) is 18.7. The maximum atomic E-state index is 14.2. The van der Waals surface area contributed by atoms with Crippen LogP contribution in [0.15, 0.2) is 90.5 Å². The van der Waals surface area contributed by atoms with E-state index in [4.69, 9.17) is 16.3 Å². The van der Waals surface area contributed by atoms with Gasteiger partial charge in [-0.25, -0.2) is 22.7 Å². The van der Waals surface area contributed by atoms with E-state index in [0.717, 1.165) is 20.8 Å². The van der Waals surface area contributed by atoms with Crippen LogP contribution in [0.2, 0.25) is 5.02 Å². The van der Waals surface area contributed by atoms with Gasteiger partial charge in [0, 0.05) is 40.6 Å². The Labute approximate surface area is 224 Å². The maximum Gasteiger partial charge on any atom is 0.270 e. The Morgan fingerprint density at radius 1 is 0.974 bits per heavy atom. The molecule has 0 bridgehead atoms. The van der Waals surface area contributed by atoms with Crippen molar-refractivity contribution in [2.45, 2.75) is 11.8 Å². The van der Waals surface area contributed by atoms with Gasteiger partial charge in [0.25, 0.3) is 10.0 Å². The second kappa shape index (κ2) is 10.1. The zero-order chi connectivity index (χ0) is 26.9. The molecule has 0 saturated heterocycles. The zero-order valence-electron chi connectivity index (χ0n) is 20.3. The minimum Gasteiger partial charge on any atom is -0.495 e. The van der Waals surface area contributed by atoms with Crippen LogP contribution in [0.4, 0.5) is 11.5 Å². The van der Waals surface area contributed by atoms with Crippen LogP contribution in [0.1, 0.15) is 11.1 Å². The largest absolute Gasteiger partial charge is 0.495 e. The Bertz CT molecular complexity index is 1820. The fourth-order valence-electron chi connectivity index (χ4n) is 4.14. The van der Waals surface area contributed by atoms with Gasteiger partial charge in [-0.05, 0) is 65.9 Å². The summed E-state index contributed by atoms with van der Waals surface area (Å²) < 4.78 is 35.1. The second-order valence-electron chi connectivity index (χ2n) is 8.37. The first kappa shape index (κ1) is 25.1. The lowest BCUT2D eigenvalue weighted by Gasteiger charge is -2.26. The molecular formula is C28H20ClN5O3S. The minimum absolute atomic E-state index is 0.0350. The van der Waals surface area contributed by atoms with E-state index < -0.39 is 10.0 Å². The van der Waals surface area contributed by atoms with Gasteiger partial charge in [-0.15, -0.1) is 0 Å². The molecule has 3 aromatic carbocycles. The van der Waals surface area contributed by atoms with Gasteiger partial charge in [0.15, 0.2) is 5.82 Å². The van der Waals surface area contributed by atoms with Gasteiger partial charge in [-0.3, -0.25) is 4.98 Å². The number of hydrogen-bond donors (Lipinski definition) is 0. The molecule has 0 spiro atoms. The maximum absolute atomic E-state index is 14.2. The average Bonchev–Trinajstić information content (AvgIpc) is 2.94. The summed E-state index contributed by atoms with van der Waals surface area (Å²) in [5, 5.41) is 12.2. The van der Waals surface area contributed by atoms with Crippen molar-refractivity contribution in [1.82, 2.24) is 15.0 Å². The molecule has 2 heterocycles. The molecule has 0 amide bonds. The van der Waals surface area contributed by atoms with E-state index in [-0.39, 0.29) is 27.7 Å². The first-order valence-corrected chi connectivity index (χ1v) is 13.2. The van der Waals surface area contributed by atoms with E-state index in [1.165, 1.54) is 37.8 Å². The number of rotatable bonds is 6. The Morgan fingerprint density at radius 3 is 2.50 bits per heavy atom. The number of anilines is 2. The number of aromatic nitrogens is 3. The van der Waals surface area contributed by atoms with Crippen molar-refractivity contribution >= 4 is 43.9 Å². The van der Waals surface area contributed by atoms with E-state index in [1.54, 1.807) is 48.8 Å². The Kier molecular flexibility index (Phi) is 6.68. The molecule has 0 aliphatic rings. The molecule has 0 saturated carbocycles. The van der Waals surface area contributed by atoms with Crippen molar-refractivity contribution in [1.29, 1.82) is 5.26 Å². The van der Waals surface area contributed by atoms with Crippen molar-refractivity contribution < 1.29 is 13.2 Å². The van der Waals surface area contributed by atoms with E-state index in [0.29, 0.717) is 16.0 Å². The van der Waals surface area contributed by atoms with Crippen LogP contribution < -0.4 is 9.04 Å². The lowest BCUT2D eigenvalue weighted by molar-refractivity contribution is 0.416. The fourth-order valence-corrected chi connectivity index (χ4v) is 5.74. The van der Waals surface area contributed by atoms with Crippen molar-refractivity contribution in [3.63, 3.8) is 0 Å². The highest BCUT2D eigenvalue weighted by molar-refractivity contribution is 7.93. The normalized spacial score (nSPS) is 11.2. The van der Waals surface area contributed by atoms with Gasteiger partial charge in [0.2, 0.25) is 0 Å².